The molecule has 0 unspecified atom stereocenters. The van der Waals surface area contributed by atoms with Gasteiger partial charge in [0.25, 0.3) is 0 Å². The van der Waals surface area contributed by atoms with E-state index in [0.29, 0.717) is 18.7 Å². The van der Waals surface area contributed by atoms with E-state index in [2.05, 4.69) is 12.5 Å². The van der Waals surface area contributed by atoms with Crippen molar-refractivity contribution in [2.75, 3.05) is 20.1 Å². The molecule has 1 nitrogen and oxygen atoms in total. The Hall–Kier alpha value is -1.59. The maximum atomic E-state index is 13.4. The van der Waals surface area contributed by atoms with Crippen molar-refractivity contribution in [2.24, 2.45) is 0 Å². The van der Waals surface area contributed by atoms with E-state index in [0.717, 1.165) is 5.57 Å². The van der Waals surface area contributed by atoms with Gasteiger partial charge in [-0.2, -0.15) is 0 Å². The average Bonchev–Trinajstić information content (AvgIpc) is 2.18. The molecule has 0 saturated heterocycles. The van der Waals surface area contributed by atoms with Crippen LogP contribution in [0, 0.1) is 18.2 Å². The van der Waals surface area contributed by atoms with Crippen LogP contribution in [0.15, 0.2) is 30.8 Å². The summed E-state index contributed by atoms with van der Waals surface area (Å²) in [6.45, 7) is 4.97. The standard InChI is InChI=1S/C13H14FN/c1-4-9-15(3)10-11(2)12-7-5-6-8-13(12)14/h1,5-8H,2,9-10H2,3H3. The van der Waals surface area contributed by atoms with Crippen LogP contribution in [0.4, 0.5) is 4.39 Å². The second kappa shape index (κ2) is 5.33. The zero-order chi connectivity index (χ0) is 11.3. The summed E-state index contributed by atoms with van der Waals surface area (Å²) in [6, 6.07) is 6.62. The summed E-state index contributed by atoms with van der Waals surface area (Å²) >= 11 is 0. The smallest absolute Gasteiger partial charge is 0.130 e. The van der Waals surface area contributed by atoms with E-state index in [1.165, 1.54) is 6.07 Å². The first-order valence-electron chi connectivity index (χ1n) is 4.70. The van der Waals surface area contributed by atoms with Crippen LogP contribution in [0.5, 0.6) is 0 Å². The molecule has 0 aliphatic carbocycles. The molecular formula is C13H14FN. The Kier molecular flexibility index (Phi) is 4.08. The molecule has 0 spiro atoms. The van der Waals surface area contributed by atoms with Crippen LogP contribution < -0.4 is 0 Å². The number of hydrogen-bond donors (Lipinski definition) is 0. The van der Waals surface area contributed by atoms with Crippen molar-refractivity contribution in [3.05, 3.63) is 42.2 Å². The number of benzene rings is 1. The highest BCUT2D eigenvalue weighted by molar-refractivity contribution is 5.65. The van der Waals surface area contributed by atoms with E-state index in [1.54, 1.807) is 18.2 Å². The number of nitrogens with zero attached hydrogens (tertiary/aromatic N) is 1. The fraction of sp³-hybridized carbons (Fsp3) is 0.231. The highest BCUT2D eigenvalue weighted by atomic mass is 19.1. The first-order valence-corrected chi connectivity index (χ1v) is 4.70. The predicted molar refractivity (Wildman–Crippen MR) is 61.8 cm³/mol. The van der Waals surface area contributed by atoms with E-state index in [-0.39, 0.29) is 5.82 Å². The van der Waals surface area contributed by atoms with Crippen LogP contribution in [0.1, 0.15) is 5.56 Å². The zero-order valence-electron chi connectivity index (χ0n) is 8.83. The van der Waals surface area contributed by atoms with Crippen LogP contribution in [0.25, 0.3) is 5.57 Å². The van der Waals surface area contributed by atoms with Gasteiger partial charge in [0, 0.05) is 12.1 Å². The minimum absolute atomic E-state index is 0.239. The van der Waals surface area contributed by atoms with Crippen molar-refractivity contribution < 1.29 is 4.39 Å². The lowest BCUT2D eigenvalue weighted by molar-refractivity contribution is 0.424. The molecule has 0 aliphatic rings. The monoisotopic (exact) mass is 203 g/mol. The molecule has 1 aromatic carbocycles. The Bertz CT molecular complexity index is 390. The number of likely N-dealkylation sites (N-methyl/N-ethyl adjacent to an activating group) is 1. The van der Waals surface area contributed by atoms with Gasteiger partial charge >= 0.3 is 0 Å². The number of terminal acetylenes is 1. The molecule has 0 radical (unpaired) electrons. The fourth-order valence-corrected chi connectivity index (χ4v) is 1.37. The second-order valence-electron chi connectivity index (χ2n) is 3.46. The number of halogens is 1. The Morgan fingerprint density at radius 1 is 1.53 bits per heavy atom. The molecule has 15 heavy (non-hydrogen) atoms. The second-order valence-corrected chi connectivity index (χ2v) is 3.46. The summed E-state index contributed by atoms with van der Waals surface area (Å²) in [5.41, 5.74) is 1.30. The highest BCUT2D eigenvalue weighted by Gasteiger charge is 2.06. The molecule has 0 atom stereocenters. The van der Waals surface area contributed by atoms with Crippen molar-refractivity contribution in [3.8, 4) is 12.3 Å². The Labute approximate surface area is 90.2 Å². The Morgan fingerprint density at radius 3 is 2.80 bits per heavy atom. The molecule has 0 heterocycles. The molecule has 0 N–H and O–H groups in total. The summed E-state index contributed by atoms with van der Waals surface area (Å²) in [6.07, 6.45) is 5.18. The first kappa shape index (κ1) is 11.5. The molecule has 0 aromatic heterocycles. The molecule has 0 fully saturated rings. The maximum Gasteiger partial charge on any atom is 0.130 e. The summed E-state index contributed by atoms with van der Waals surface area (Å²) in [5.74, 6) is 2.29. The van der Waals surface area contributed by atoms with Crippen molar-refractivity contribution in [2.45, 2.75) is 0 Å². The maximum absolute atomic E-state index is 13.4. The summed E-state index contributed by atoms with van der Waals surface area (Å²) < 4.78 is 13.4. The van der Waals surface area contributed by atoms with Crippen molar-refractivity contribution >= 4 is 5.57 Å². The SMILES string of the molecule is C#CCN(C)CC(=C)c1ccccc1F. The fourth-order valence-electron chi connectivity index (χ4n) is 1.37. The summed E-state index contributed by atoms with van der Waals surface area (Å²) in [5, 5.41) is 0. The van der Waals surface area contributed by atoms with Gasteiger partial charge in [0.05, 0.1) is 6.54 Å². The average molecular weight is 203 g/mol. The third kappa shape index (κ3) is 3.23. The van der Waals surface area contributed by atoms with Gasteiger partial charge < -0.3 is 0 Å². The van der Waals surface area contributed by atoms with E-state index < -0.39 is 0 Å². The molecule has 78 valence electrons. The predicted octanol–water partition coefficient (Wildman–Crippen LogP) is 2.40. The summed E-state index contributed by atoms with van der Waals surface area (Å²) in [4.78, 5) is 1.91. The highest BCUT2D eigenvalue weighted by Crippen LogP contribution is 2.16. The van der Waals surface area contributed by atoms with Crippen molar-refractivity contribution in [1.82, 2.24) is 4.90 Å². The van der Waals surface area contributed by atoms with Gasteiger partial charge in [-0.05, 0) is 18.7 Å². The van der Waals surface area contributed by atoms with E-state index in [9.17, 15) is 4.39 Å². The van der Waals surface area contributed by atoms with Crippen molar-refractivity contribution in [1.29, 1.82) is 0 Å². The minimum atomic E-state index is -0.239. The van der Waals surface area contributed by atoms with Crippen molar-refractivity contribution in [3.63, 3.8) is 0 Å². The van der Waals surface area contributed by atoms with E-state index in [4.69, 9.17) is 6.42 Å². The van der Waals surface area contributed by atoms with E-state index >= 15 is 0 Å². The lowest BCUT2D eigenvalue weighted by Gasteiger charge is -2.15. The van der Waals surface area contributed by atoms with Gasteiger partial charge in [0.1, 0.15) is 5.82 Å². The van der Waals surface area contributed by atoms with E-state index in [1.807, 2.05) is 11.9 Å². The topological polar surface area (TPSA) is 3.24 Å². The van der Waals surface area contributed by atoms with Gasteiger partial charge in [0.2, 0.25) is 0 Å². The quantitative estimate of drug-likeness (QED) is 0.679. The minimum Gasteiger partial charge on any atom is -0.291 e. The van der Waals surface area contributed by atoms with Gasteiger partial charge in [-0.3, -0.25) is 4.90 Å². The van der Waals surface area contributed by atoms with Crippen LogP contribution in [-0.2, 0) is 0 Å². The Balaban J connectivity index is 2.70. The normalized spacial score (nSPS) is 10.0. The lowest BCUT2D eigenvalue weighted by atomic mass is 10.1. The first-order chi connectivity index (χ1) is 7.15. The summed E-state index contributed by atoms with van der Waals surface area (Å²) in [7, 11) is 1.88. The number of hydrogen-bond acceptors (Lipinski definition) is 1. The third-order valence-corrected chi connectivity index (χ3v) is 2.08. The van der Waals surface area contributed by atoms with Gasteiger partial charge in [-0.1, -0.05) is 30.7 Å². The zero-order valence-corrected chi connectivity index (χ0v) is 8.83. The van der Waals surface area contributed by atoms with Crippen LogP contribution >= 0.6 is 0 Å². The lowest BCUT2D eigenvalue weighted by Crippen LogP contribution is -2.20. The van der Waals surface area contributed by atoms with Crippen LogP contribution in [0.2, 0.25) is 0 Å². The third-order valence-electron chi connectivity index (χ3n) is 2.08. The molecule has 0 aliphatic heterocycles. The molecule has 1 aromatic rings. The molecule has 0 saturated carbocycles. The van der Waals surface area contributed by atoms with Gasteiger partial charge in [0.15, 0.2) is 0 Å². The molecule has 0 bridgehead atoms. The van der Waals surface area contributed by atoms with Gasteiger partial charge in [-0.15, -0.1) is 6.42 Å². The largest absolute Gasteiger partial charge is 0.291 e. The number of rotatable bonds is 4. The van der Waals surface area contributed by atoms with Crippen LogP contribution in [0.3, 0.4) is 0 Å². The molecular weight excluding hydrogens is 189 g/mol. The molecule has 1 rings (SSSR count). The molecule has 2 heteroatoms. The van der Waals surface area contributed by atoms with Crippen LogP contribution in [-0.4, -0.2) is 25.0 Å². The Morgan fingerprint density at radius 2 is 2.20 bits per heavy atom. The van der Waals surface area contributed by atoms with Gasteiger partial charge in [-0.25, -0.2) is 4.39 Å². The molecule has 0 amide bonds.